The summed E-state index contributed by atoms with van der Waals surface area (Å²) < 4.78 is 1.30. The van der Waals surface area contributed by atoms with Gasteiger partial charge in [-0.05, 0) is 13.0 Å². The molecule has 0 aromatic carbocycles. The van der Waals surface area contributed by atoms with Crippen LogP contribution in [-0.2, 0) is 5.75 Å². The van der Waals surface area contributed by atoms with E-state index in [1.54, 1.807) is 18.4 Å². The zero-order valence-electron chi connectivity index (χ0n) is 10.8. The van der Waals surface area contributed by atoms with Gasteiger partial charge in [-0.2, -0.15) is 9.61 Å². The highest BCUT2D eigenvalue weighted by molar-refractivity contribution is 7.98. The van der Waals surface area contributed by atoms with Crippen molar-refractivity contribution in [3.63, 3.8) is 0 Å². The summed E-state index contributed by atoms with van der Waals surface area (Å²) in [6.45, 7) is 1.77. The molecule has 3 rings (SSSR count). The van der Waals surface area contributed by atoms with Crippen LogP contribution < -0.4 is 5.56 Å². The lowest BCUT2D eigenvalue weighted by molar-refractivity contribution is 0.0702. The van der Waals surface area contributed by atoms with Crippen molar-refractivity contribution < 1.29 is 9.90 Å². The van der Waals surface area contributed by atoms with Gasteiger partial charge in [0.15, 0.2) is 0 Å². The second-order valence-electron chi connectivity index (χ2n) is 4.17. The molecule has 0 radical (unpaired) electrons. The average Bonchev–Trinajstić information content (AvgIpc) is 3.02. The molecule has 0 aliphatic rings. The molecule has 3 aromatic heterocycles. The predicted octanol–water partition coefficient (Wildman–Crippen LogP) is 2.51. The Bertz CT molecular complexity index is 881. The Morgan fingerprint density at radius 1 is 1.48 bits per heavy atom. The first-order chi connectivity index (χ1) is 10.0. The van der Waals surface area contributed by atoms with Gasteiger partial charge in [-0.25, -0.2) is 9.78 Å². The van der Waals surface area contributed by atoms with Crippen LogP contribution >= 0.6 is 34.4 Å². The minimum atomic E-state index is -0.918. The summed E-state index contributed by atoms with van der Waals surface area (Å²) in [5.41, 5.74) is 0.487. The third kappa shape index (κ3) is 2.99. The third-order valence-electron chi connectivity index (χ3n) is 2.56. The van der Waals surface area contributed by atoms with Gasteiger partial charge in [0.2, 0.25) is 4.96 Å². The highest BCUT2D eigenvalue weighted by atomic mass is 32.2. The van der Waals surface area contributed by atoms with Crippen molar-refractivity contribution in [1.29, 1.82) is 0 Å². The first-order valence-corrected chi connectivity index (χ1v) is 8.52. The van der Waals surface area contributed by atoms with Crippen molar-refractivity contribution in [2.75, 3.05) is 0 Å². The van der Waals surface area contributed by atoms with Gasteiger partial charge in [-0.15, -0.1) is 23.1 Å². The fourth-order valence-electron chi connectivity index (χ4n) is 1.67. The molecule has 0 aliphatic heterocycles. The van der Waals surface area contributed by atoms with E-state index in [4.69, 9.17) is 5.11 Å². The summed E-state index contributed by atoms with van der Waals surface area (Å²) in [7, 11) is 0. The number of hydrogen-bond donors (Lipinski definition) is 1. The monoisotopic (exact) mass is 339 g/mol. The molecule has 0 unspecified atom stereocenters. The van der Waals surface area contributed by atoms with E-state index < -0.39 is 5.97 Å². The topological polar surface area (TPSA) is 84.6 Å². The van der Waals surface area contributed by atoms with E-state index in [9.17, 15) is 9.59 Å². The smallest absolute Gasteiger partial charge is 0.345 e. The second kappa shape index (κ2) is 5.58. The fraction of sp³-hybridized carbons (Fsp3) is 0.167. The van der Waals surface area contributed by atoms with Gasteiger partial charge in [-0.3, -0.25) is 4.79 Å². The predicted molar refractivity (Wildman–Crippen MR) is 82.7 cm³/mol. The maximum absolute atomic E-state index is 11.8. The van der Waals surface area contributed by atoms with Crippen molar-refractivity contribution in [2.45, 2.75) is 17.6 Å². The van der Waals surface area contributed by atoms with Crippen LogP contribution in [0.5, 0.6) is 0 Å². The van der Waals surface area contributed by atoms with Crippen LogP contribution in [0.25, 0.3) is 4.96 Å². The third-order valence-corrected chi connectivity index (χ3v) is 5.71. The van der Waals surface area contributed by atoms with Gasteiger partial charge in [0.1, 0.15) is 9.88 Å². The molecule has 108 valence electrons. The maximum atomic E-state index is 11.8. The Morgan fingerprint density at radius 2 is 2.29 bits per heavy atom. The van der Waals surface area contributed by atoms with E-state index >= 15 is 0 Å². The number of carbonyl (C=O) groups is 1. The molecular formula is C12H9N3O3S3. The molecule has 3 aromatic rings. The number of fused-ring (bicyclic) bond motifs is 1. The lowest BCUT2D eigenvalue weighted by Crippen LogP contribution is -2.14. The number of nitrogens with zero attached hydrogens (tertiary/aromatic N) is 3. The molecule has 3 heterocycles. The van der Waals surface area contributed by atoms with Crippen molar-refractivity contribution in [2.24, 2.45) is 0 Å². The number of rotatable bonds is 4. The molecule has 0 saturated carbocycles. The van der Waals surface area contributed by atoms with Gasteiger partial charge in [0, 0.05) is 22.0 Å². The molecule has 0 bridgehead atoms. The molecule has 0 atom stereocenters. The lowest BCUT2D eigenvalue weighted by Gasteiger charge is -1.92. The number of thiophene rings is 1. The van der Waals surface area contributed by atoms with E-state index in [-0.39, 0.29) is 5.56 Å². The first kappa shape index (κ1) is 14.2. The van der Waals surface area contributed by atoms with E-state index in [2.05, 4.69) is 10.1 Å². The fourth-order valence-corrected chi connectivity index (χ4v) is 4.47. The number of carboxylic acids is 1. The van der Waals surface area contributed by atoms with Crippen molar-refractivity contribution >= 4 is 45.4 Å². The standard InChI is InChI=1S/C12H9N3O3S3/c1-6-2-10(16)15-12(13-6)21-9(14-15)5-19-7-3-8(11(17)18)20-4-7/h2-4H,5H2,1H3,(H,17,18). The summed E-state index contributed by atoms with van der Waals surface area (Å²) in [6, 6.07) is 3.08. The molecule has 0 amide bonds. The summed E-state index contributed by atoms with van der Waals surface area (Å²) in [4.78, 5) is 28.6. The number of hydrogen-bond acceptors (Lipinski definition) is 7. The Morgan fingerprint density at radius 3 is 3.00 bits per heavy atom. The second-order valence-corrected chi connectivity index (χ2v) is 7.17. The normalized spacial score (nSPS) is 11.1. The van der Waals surface area contributed by atoms with E-state index in [0.29, 0.717) is 21.3 Å². The molecule has 1 N–H and O–H groups in total. The van der Waals surface area contributed by atoms with Crippen LogP contribution in [0.1, 0.15) is 20.4 Å². The zero-order valence-corrected chi connectivity index (χ0v) is 13.2. The highest BCUT2D eigenvalue weighted by Crippen LogP contribution is 2.28. The van der Waals surface area contributed by atoms with Crippen LogP contribution in [-0.4, -0.2) is 25.7 Å². The summed E-state index contributed by atoms with van der Waals surface area (Å²) in [6.07, 6.45) is 0. The van der Waals surface area contributed by atoms with Crippen molar-refractivity contribution in [3.8, 4) is 0 Å². The molecule has 0 saturated heterocycles. The highest BCUT2D eigenvalue weighted by Gasteiger charge is 2.10. The van der Waals surface area contributed by atoms with Gasteiger partial charge >= 0.3 is 5.97 Å². The minimum absolute atomic E-state index is 0.186. The lowest BCUT2D eigenvalue weighted by atomic mass is 10.5. The zero-order chi connectivity index (χ0) is 15.0. The van der Waals surface area contributed by atoms with Gasteiger partial charge in [0.25, 0.3) is 5.56 Å². The number of thioether (sulfide) groups is 1. The number of aryl methyl sites for hydroxylation is 1. The number of carboxylic acid groups (broad SMARTS) is 1. The number of aromatic carboxylic acids is 1. The molecule has 21 heavy (non-hydrogen) atoms. The van der Waals surface area contributed by atoms with Gasteiger partial charge in [-0.1, -0.05) is 11.3 Å². The van der Waals surface area contributed by atoms with Crippen LogP contribution in [0.3, 0.4) is 0 Å². The molecule has 0 fully saturated rings. The van der Waals surface area contributed by atoms with Crippen LogP contribution in [0.2, 0.25) is 0 Å². The average molecular weight is 339 g/mol. The minimum Gasteiger partial charge on any atom is -0.477 e. The Kier molecular flexibility index (Phi) is 3.79. The van der Waals surface area contributed by atoms with Crippen LogP contribution in [0, 0.1) is 6.92 Å². The molecular weight excluding hydrogens is 330 g/mol. The molecule has 9 heteroatoms. The first-order valence-electron chi connectivity index (χ1n) is 5.84. The number of aromatic nitrogens is 3. The molecule has 0 aliphatic carbocycles. The van der Waals surface area contributed by atoms with Crippen LogP contribution in [0.4, 0.5) is 0 Å². The molecule has 6 nitrogen and oxygen atoms in total. The summed E-state index contributed by atoms with van der Waals surface area (Å²) in [5, 5.41) is 15.7. The SMILES string of the molecule is Cc1cc(=O)n2nc(CSc3csc(C(=O)O)c3)sc2n1. The largest absolute Gasteiger partial charge is 0.477 e. The van der Waals surface area contributed by atoms with Gasteiger partial charge in [0.05, 0.1) is 5.75 Å². The van der Waals surface area contributed by atoms with Crippen molar-refractivity contribution in [1.82, 2.24) is 14.6 Å². The van der Waals surface area contributed by atoms with Gasteiger partial charge < -0.3 is 5.11 Å². The Labute approximate surface area is 131 Å². The van der Waals surface area contributed by atoms with Crippen LogP contribution in [0.15, 0.2) is 27.2 Å². The summed E-state index contributed by atoms with van der Waals surface area (Å²) >= 11 is 4.05. The Balaban J connectivity index is 1.80. The van der Waals surface area contributed by atoms with E-state index in [1.807, 2.05) is 0 Å². The molecule has 0 spiro atoms. The van der Waals surface area contributed by atoms with Crippen molar-refractivity contribution in [3.05, 3.63) is 43.4 Å². The summed E-state index contributed by atoms with van der Waals surface area (Å²) in [5.74, 6) is -0.347. The maximum Gasteiger partial charge on any atom is 0.345 e. The quantitative estimate of drug-likeness (QED) is 0.735. The van der Waals surface area contributed by atoms with E-state index in [1.165, 1.54) is 45.0 Å². The van der Waals surface area contributed by atoms with E-state index in [0.717, 1.165) is 9.90 Å². The Hall–Kier alpha value is -1.71.